The molecule has 3 aromatic rings. The number of amides is 1. The van der Waals surface area contributed by atoms with E-state index in [1.807, 2.05) is 35.8 Å². The summed E-state index contributed by atoms with van der Waals surface area (Å²) in [5, 5.41) is 11.4. The number of benzene rings is 2. The number of aromatic nitrogens is 3. The molecule has 1 aromatic heterocycles. The second-order valence-electron chi connectivity index (χ2n) is 5.28. The summed E-state index contributed by atoms with van der Waals surface area (Å²) in [6, 6.07) is 11.7. The molecule has 0 atom stereocenters. The van der Waals surface area contributed by atoms with E-state index in [9.17, 15) is 9.18 Å². The Kier molecular flexibility index (Phi) is 5.35. The third-order valence-corrected chi connectivity index (χ3v) is 4.62. The Bertz CT molecular complexity index is 898. The minimum atomic E-state index is -0.455. The van der Waals surface area contributed by atoms with Gasteiger partial charge in [0.2, 0.25) is 5.91 Å². The van der Waals surface area contributed by atoms with Crippen molar-refractivity contribution in [1.29, 1.82) is 0 Å². The highest BCUT2D eigenvalue weighted by Gasteiger charge is 2.11. The summed E-state index contributed by atoms with van der Waals surface area (Å²) in [6.45, 7) is 2.01. The highest BCUT2D eigenvalue weighted by molar-refractivity contribution is 7.99. The van der Waals surface area contributed by atoms with Gasteiger partial charge >= 0.3 is 0 Å². The van der Waals surface area contributed by atoms with Crippen LogP contribution in [0.25, 0.3) is 5.69 Å². The molecule has 0 aliphatic rings. The third-order valence-electron chi connectivity index (χ3n) is 3.37. The second-order valence-corrected chi connectivity index (χ2v) is 6.63. The highest BCUT2D eigenvalue weighted by atomic mass is 35.5. The Morgan fingerprint density at radius 2 is 2.04 bits per heavy atom. The zero-order valence-corrected chi connectivity index (χ0v) is 14.8. The number of nitrogens with one attached hydrogen (secondary N) is 1. The zero-order valence-electron chi connectivity index (χ0n) is 13.2. The molecule has 0 aliphatic heterocycles. The second kappa shape index (κ2) is 7.67. The van der Waals surface area contributed by atoms with Gasteiger partial charge in [0.25, 0.3) is 0 Å². The van der Waals surface area contributed by atoms with Crippen molar-refractivity contribution in [1.82, 2.24) is 14.8 Å². The molecule has 25 heavy (non-hydrogen) atoms. The molecular weight excluding hydrogens is 363 g/mol. The van der Waals surface area contributed by atoms with E-state index < -0.39 is 5.82 Å². The molecule has 1 heterocycles. The number of aryl methyl sites for hydroxylation is 1. The van der Waals surface area contributed by atoms with E-state index >= 15 is 0 Å². The molecule has 0 saturated carbocycles. The Hall–Kier alpha value is -2.38. The predicted octanol–water partition coefficient (Wildman–Crippen LogP) is 4.10. The van der Waals surface area contributed by atoms with Crippen molar-refractivity contribution in [2.75, 3.05) is 11.1 Å². The number of hydrogen-bond donors (Lipinski definition) is 1. The monoisotopic (exact) mass is 376 g/mol. The summed E-state index contributed by atoms with van der Waals surface area (Å²) in [7, 11) is 0. The van der Waals surface area contributed by atoms with Crippen LogP contribution in [0, 0.1) is 12.7 Å². The van der Waals surface area contributed by atoms with Gasteiger partial charge in [0.15, 0.2) is 5.16 Å². The quantitative estimate of drug-likeness (QED) is 0.681. The SMILES string of the molecule is Cc1ccc(-n2cnnc2SCC(=O)Nc2ccc(F)cc2Cl)cc1. The number of hydrogen-bond acceptors (Lipinski definition) is 4. The first-order chi connectivity index (χ1) is 12.0. The number of halogens is 2. The van der Waals surface area contributed by atoms with E-state index in [1.165, 1.54) is 23.9 Å². The number of carbonyl (C=O) groups is 1. The lowest BCUT2D eigenvalue weighted by atomic mass is 10.2. The maximum Gasteiger partial charge on any atom is 0.234 e. The maximum absolute atomic E-state index is 13.0. The summed E-state index contributed by atoms with van der Waals surface area (Å²) in [4.78, 5) is 12.1. The van der Waals surface area contributed by atoms with E-state index in [1.54, 1.807) is 6.33 Å². The molecule has 8 heteroatoms. The molecule has 1 N–H and O–H groups in total. The molecular formula is C17H14ClFN4OS. The fraction of sp³-hybridized carbons (Fsp3) is 0.118. The number of thioether (sulfide) groups is 1. The van der Waals surface area contributed by atoms with Crippen LogP contribution in [0.3, 0.4) is 0 Å². The Morgan fingerprint density at radius 3 is 2.76 bits per heavy atom. The summed E-state index contributed by atoms with van der Waals surface area (Å²) in [6.07, 6.45) is 1.60. The Balaban J connectivity index is 1.65. The van der Waals surface area contributed by atoms with E-state index in [4.69, 9.17) is 11.6 Å². The summed E-state index contributed by atoms with van der Waals surface area (Å²) in [5.74, 6) is -0.598. The molecule has 2 aromatic carbocycles. The first-order valence-corrected chi connectivity index (χ1v) is 8.74. The van der Waals surface area contributed by atoms with Crippen LogP contribution in [0.15, 0.2) is 53.9 Å². The van der Waals surface area contributed by atoms with Crippen LogP contribution in [-0.2, 0) is 4.79 Å². The Labute approximate surface area is 153 Å². The first-order valence-electron chi connectivity index (χ1n) is 7.38. The van der Waals surface area contributed by atoms with Crippen LogP contribution in [0.4, 0.5) is 10.1 Å². The fourth-order valence-corrected chi connectivity index (χ4v) is 3.06. The van der Waals surface area contributed by atoms with Crippen molar-refractivity contribution in [2.45, 2.75) is 12.1 Å². The van der Waals surface area contributed by atoms with Crippen LogP contribution < -0.4 is 5.32 Å². The molecule has 3 rings (SSSR count). The van der Waals surface area contributed by atoms with E-state index in [2.05, 4.69) is 15.5 Å². The molecule has 0 radical (unpaired) electrons. The molecule has 1 amide bonds. The van der Waals surface area contributed by atoms with E-state index in [0.717, 1.165) is 17.3 Å². The van der Waals surface area contributed by atoms with E-state index in [-0.39, 0.29) is 16.7 Å². The molecule has 0 aliphatic carbocycles. The standard InChI is InChI=1S/C17H14ClFN4OS/c1-11-2-5-13(6-3-11)23-10-20-22-17(23)25-9-16(24)21-15-7-4-12(19)8-14(15)18/h2-8,10H,9H2,1H3,(H,21,24). The van der Waals surface area contributed by atoms with Crippen molar-refractivity contribution < 1.29 is 9.18 Å². The van der Waals surface area contributed by atoms with E-state index in [0.29, 0.717) is 10.8 Å². The number of rotatable bonds is 5. The largest absolute Gasteiger partial charge is 0.324 e. The van der Waals surface area contributed by atoms with Crippen molar-refractivity contribution >= 4 is 35.0 Å². The van der Waals surface area contributed by atoms with Gasteiger partial charge in [0, 0.05) is 5.69 Å². The van der Waals surface area contributed by atoms with Crippen LogP contribution >= 0.6 is 23.4 Å². The maximum atomic E-state index is 13.0. The molecule has 0 unspecified atom stereocenters. The lowest BCUT2D eigenvalue weighted by Gasteiger charge is -2.08. The summed E-state index contributed by atoms with van der Waals surface area (Å²) in [5.41, 5.74) is 2.44. The molecule has 0 bridgehead atoms. The topological polar surface area (TPSA) is 59.8 Å². The summed E-state index contributed by atoms with van der Waals surface area (Å²) < 4.78 is 14.8. The van der Waals surface area contributed by atoms with Crippen molar-refractivity contribution in [3.63, 3.8) is 0 Å². The Morgan fingerprint density at radius 1 is 1.28 bits per heavy atom. The zero-order chi connectivity index (χ0) is 17.8. The lowest BCUT2D eigenvalue weighted by Crippen LogP contribution is -2.14. The number of carbonyl (C=O) groups excluding carboxylic acids is 1. The van der Waals surface area contributed by atoms with Gasteiger partial charge in [-0.2, -0.15) is 0 Å². The van der Waals surface area contributed by atoms with Gasteiger partial charge in [-0.3, -0.25) is 9.36 Å². The van der Waals surface area contributed by atoms with Gasteiger partial charge in [-0.15, -0.1) is 10.2 Å². The van der Waals surface area contributed by atoms with Crippen LogP contribution in [-0.4, -0.2) is 26.4 Å². The van der Waals surface area contributed by atoms with Crippen molar-refractivity contribution in [3.8, 4) is 5.69 Å². The van der Waals surface area contributed by atoms with Crippen molar-refractivity contribution in [3.05, 3.63) is 65.2 Å². The predicted molar refractivity (Wildman–Crippen MR) is 96.9 cm³/mol. The smallest absolute Gasteiger partial charge is 0.234 e. The minimum absolute atomic E-state index is 0.123. The van der Waals surface area contributed by atoms with Gasteiger partial charge in [0.05, 0.1) is 16.5 Å². The van der Waals surface area contributed by atoms with Crippen LogP contribution in [0.5, 0.6) is 0 Å². The number of anilines is 1. The fourth-order valence-electron chi connectivity index (χ4n) is 2.11. The van der Waals surface area contributed by atoms with Crippen LogP contribution in [0.1, 0.15) is 5.56 Å². The van der Waals surface area contributed by atoms with Crippen LogP contribution in [0.2, 0.25) is 5.02 Å². The van der Waals surface area contributed by atoms with Gasteiger partial charge in [0.1, 0.15) is 12.1 Å². The molecule has 5 nitrogen and oxygen atoms in total. The lowest BCUT2D eigenvalue weighted by molar-refractivity contribution is -0.113. The summed E-state index contributed by atoms with van der Waals surface area (Å²) >= 11 is 7.15. The van der Waals surface area contributed by atoms with Crippen molar-refractivity contribution in [2.24, 2.45) is 0 Å². The van der Waals surface area contributed by atoms with Gasteiger partial charge in [-0.05, 0) is 37.3 Å². The molecule has 0 spiro atoms. The molecule has 128 valence electrons. The molecule has 0 fully saturated rings. The average molecular weight is 377 g/mol. The molecule has 0 saturated heterocycles. The first kappa shape index (κ1) is 17.4. The van der Waals surface area contributed by atoms with Gasteiger partial charge < -0.3 is 5.32 Å². The third kappa shape index (κ3) is 4.37. The average Bonchev–Trinajstić information content (AvgIpc) is 3.05. The van der Waals surface area contributed by atoms with Gasteiger partial charge in [-0.1, -0.05) is 41.1 Å². The minimum Gasteiger partial charge on any atom is -0.324 e. The van der Waals surface area contributed by atoms with Gasteiger partial charge in [-0.25, -0.2) is 4.39 Å². The highest BCUT2D eigenvalue weighted by Crippen LogP contribution is 2.24. The number of nitrogens with zero attached hydrogens (tertiary/aromatic N) is 3. The normalized spacial score (nSPS) is 10.7.